The first-order valence-electron chi connectivity index (χ1n) is 11.6. The number of esters is 1. The van der Waals surface area contributed by atoms with E-state index >= 15 is 0 Å². The molecule has 0 radical (unpaired) electrons. The third kappa shape index (κ3) is 6.41. The maximum Gasteiger partial charge on any atom is 0.338 e. The zero-order valence-corrected chi connectivity index (χ0v) is 21.1. The van der Waals surface area contributed by atoms with Crippen LogP contribution in [0.15, 0.2) is 53.3 Å². The molecule has 2 aromatic carbocycles. The van der Waals surface area contributed by atoms with Crippen LogP contribution in [-0.4, -0.2) is 52.7 Å². The SMILES string of the molecule is CCCn1c(=O)c(C(=O)Nc2ccc(C(=O)OCCN(CC)CC)cc2)c(O)c2ccccc21.Cl. The molecule has 8 nitrogen and oxygen atoms in total. The van der Waals surface area contributed by atoms with Crippen molar-refractivity contribution in [3.63, 3.8) is 0 Å². The van der Waals surface area contributed by atoms with E-state index < -0.39 is 17.4 Å². The van der Waals surface area contributed by atoms with E-state index in [2.05, 4.69) is 24.1 Å². The zero-order chi connectivity index (χ0) is 24.7. The molecule has 1 amide bonds. The highest BCUT2D eigenvalue weighted by molar-refractivity contribution is 6.09. The first-order chi connectivity index (χ1) is 16.4. The van der Waals surface area contributed by atoms with E-state index in [9.17, 15) is 19.5 Å². The molecule has 1 heterocycles. The highest BCUT2D eigenvalue weighted by atomic mass is 35.5. The number of fused-ring (bicyclic) bond motifs is 1. The van der Waals surface area contributed by atoms with Crippen molar-refractivity contribution in [3.8, 4) is 5.75 Å². The lowest BCUT2D eigenvalue weighted by Gasteiger charge is -2.17. The van der Waals surface area contributed by atoms with Gasteiger partial charge in [0.15, 0.2) is 0 Å². The Morgan fingerprint density at radius 3 is 2.31 bits per heavy atom. The molecule has 3 aromatic rings. The number of rotatable bonds is 10. The quantitative estimate of drug-likeness (QED) is 0.402. The number of carbonyl (C=O) groups excluding carboxylic acids is 2. The number of amides is 1. The largest absolute Gasteiger partial charge is 0.506 e. The number of nitrogens with zero attached hydrogens (tertiary/aromatic N) is 2. The minimum Gasteiger partial charge on any atom is -0.506 e. The number of hydrogen-bond acceptors (Lipinski definition) is 6. The maximum absolute atomic E-state index is 13.0. The summed E-state index contributed by atoms with van der Waals surface area (Å²) in [6.07, 6.45) is 0.697. The first-order valence-corrected chi connectivity index (χ1v) is 11.6. The average molecular weight is 502 g/mol. The summed E-state index contributed by atoms with van der Waals surface area (Å²) in [6, 6.07) is 13.1. The van der Waals surface area contributed by atoms with E-state index in [0.29, 0.717) is 48.3 Å². The minimum absolute atomic E-state index is 0. The predicted molar refractivity (Wildman–Crippen MR) is 140 cm³/mol. The van der Waals surface area contributed by atoms with Crippen LogP contribution in [-0.2, 0) is 11.3 Å². The number of halogens is 1. The van der Waals surface area contributed by atoms with E-state index in [4.69, 9.17) is 4.74 Å². The summed E-state index contributed by atoms with van der Waals surface area (Å²) in [4.78, 5) is 40.4. The van der Waals surface area contributed by atoms with E-state index in [1.165, 1.54) is 4.57 Å². The molecule has 188 valence electrons. The Kier molecular flexibility index (Phi) is 10.3. The van der Waals surface area contributed by atoms with Crippen molar-refractivity contribution < 1.29 is 19.4 Å². The van der Waals surface area contributed by atoms with Crippen LogP contribution in [0, 0.1) is 0 Å². The molecule has 35 heavy (non-hydrogen) atoms. The smallest absolute Gasteiger partial charge is 0.338 e. The van der Waals surface area contributed by atoms with Gasteiger partial charge in [-0.3, -0.25) is 9.59 Å². The molecule has 0 aliphatic rings. The minimum atomic E-state index is -0.715. The monoisotopic (exact) mass is 501 g/mol. The second-order valence-electron chi connectivity index (χ2n) is 7.89. The Balaban J connectivity index is 0.00000432. The number of aromatic hydroxyl groups is 1. The molecule has 9 heteroatoms. The van der Waals surface area contributed by atoms with Crippen LogP contribution in [0.1, 0.15) is 47.9 Å². The predicted octanol–water partition coefficient (Wildman–Crippen LogP) is 4.29. The molecule has 2 N–H and O–H groups in total. The molecular weight excluding hydrogens is 470 g/mol. The van der Waals surface area contributed by atoms with Gasteiger partial charge in [0.25, 0.3) is 11.5 Å². The summed E-state index contributed by atoms with van der Waals surface area (Å²) >= 11 is 0. The second-order valence-corrected chi connectivity index (χ2v) is 7.89. The normalized spacial score (nSPS) is 10.7. The van der Waals surface area contributed by atoms with Gasteiger partial charge in [-0.15, -0.1) is 12.4 Å². The molecule has 0 aliphatic carbocycles. The Morgan fingerprint density at radius 1 is 1.03 bits per heavy atom. The number of anilines is 1. The summed E-state index contributed by atoms with van der Waals surface area (Å²) < 4.78 is 6.82. The van der Waals surface area contributed by atoms with Crippen molar-refractivity contribution >= 4 is 40.9 Å². The average Bonchev–Trinajstić information content (AvgIpc) is 2.85. The Labute approximate surface area is 210 Å². The fourth-order valence-electron chi connectivity index (χ4n) is 3.81. The Hall–Kier alpha value is -3.36. The van der Waals surface area contributed by atoms with Gasteiger partial charge in [-0.2, -0.15) is 0 Å². The number of hydrogen-bond donors (Lipinski definition) is 2. The molecule has 0 unspecified atom stereocenters. The van der Waals surface area contributed by atoms with E-state index in [1.54, 1.807) is 48.5 Å². The van der Waals surface area contributed by atoms with Crippen molar-refractivity contribution in [2.45, 2.75) is 33.7 Å². The number of aryl methyl sites for hydroxylation is 1. The molecule has 0 saturated carbocycles. The summed E-state index contributed by atoms with van der Waals surface area (Å²) in [7, 11) is 0. The van der Waals surface area contributed by atoms with Gasteiger partial charge in [-0.1, -0.05) is 32.9 Å². The summed E-state index contributed by atoms with van der Waals surface area (Å²) in [5.74, 6) is -1.51. The Morgan fingerprint density at radius 2 is 1.69 bits per heavy atom. The molecule has 0 aliphatic heterocycles. The van der Waals surface area contributed by atoms with Crippen molar-refractivity contribution in [2.75, 3.05) is 31.6 Å². The molecule has 0 spiro atoms. The van der Waals surface area contributed by atoms with Crippen LogP contribution in [0.2, 0.25) is 0 Å². The Bertz CT molecular complexity index is 1220. The van der Waals surface area contributed by atoms with Gasteiger partial charge in [0, 0.05) is 24.2 Å². The third-order valence-electron chi connectivity index (χ3n) is 5.73. The number of benzene rings is 2. The molecule has 1 aromatic heterocycles. The molecule has 3 rings (SSSR count). The molecule has 0 bridgehead atoms. The summed E-state index contributed by atoms with van der Waals surface area (Å²) in [5, 5.41) is 13.8. The standard InChI is InChI=1S/C26H31N3O5.ClH/c1-4-15-29-21-10-8-7-9-20(21)23(30)22(25(29)32)24(31)27-19-13-11-18(12-14-19)26(33)34-17-16-28(5-2)6-3;/h7-14,30H,4-6,15-17H2,1-3H3,(H,27,31);1H. The van der Waals surface area contributed by atoms with Gasteiger partial charge < -0.3 is 24.6 Å². The molecule has 0 fully saturated rings. The zero-order valence-electron chi connectivity index (χ0n) is 20.2. The molecular formula is C26H32ClN3O5. The van der Waals surface area contributed by atoms with Gasteiger partial charge in [0.2, 0.25) is 0 Å². The van der Waals surface area contributed by atoms with Gasteiger partial charge >= 0.3 is 5.97 Å². The van der Waals surface area contributed by atoms with Crippen molar-refractivity contribution in [3.05, 3.63) is 70.0 Å². The van der Waals surface area contributed by atoms with Crippen molar-refractivity contribution in [2.24, 2.45) is 0 Å². The second kappa shape index (κ2) is 12.9. The van der Waals surface area contributed by atoms with Gasteiger partial charge in [-0.05, 0) is 55.9 Å². The maximum atomic E-state index is 13.0. The highest BCUT2D eigenvalue weighted by Gasteiger charge is 2.22. The van der Waals surface area contributed by atoms with Crippen LogP contribution in [0.3, 0.4) is 0 Å². The van der Waals surface area contributed by atoms with Crippen molar-refractivity contribution in [1.29, 1.82) is 0 Å². The first kappa shape index (κ1) is 27.9. The van der Waals surface area contributed by atoms with Crippen molar-refractivity contribution in [1.82, 2.24) is 9.47 Å². The number of pyridine rings is 1. The van der Waals surface area contributed by atoms with Crippen LogP contribution >= 0.6 is 12.4 Å². The lowest BCUT2D eigenvalue weighted by atomic mass is 10.1. The van der Waals surface area contributed by atoms with Crippen LogP contribution in [0.5, 0.6) is 5.75 Å². The van der Waals surface area contributed by atoms with E-state index in [0.717, 1.165) is 13.1 Å². The highest BCUT2D eigenvalue weighted by Crippen LogP contribution is 2.27. The number of ether oxygens (including phenoxy) is 1. The van der Waals surface area contributed by atoms with Crippen LogP contribution < -0.4 is 10.9 Å². The number of nitrogens with one attached hydrogen (secondary N) is 1. The third-order valence-corrected chi connectivity index (χ3v) is 5.73. The van der Waals surface area contributed by atoms with E-state index in [-0.39, 0.29) is 23.7 Å². The number of para-hydroxylation sites is 1. The lowest BCUT2D eigenvalue weighted by molar-refractivity contribution is 0.0466. The fourth-order valence-corrected chi connectivity index (χ4v) is 3.81. The lowest BCUT2D eigenvalue weighted by Crippen LogP contribution is -2.29. The number of carbonyl (C=O) groups is 2. The summed E-state index contributed by atoms with van der Waals surface area (Å²) in [5.41, 5.74) is 0.457. The summed E-state index contributed by atoms with van der Waals surface area (Å²) in [6.45, 7) is 9.19. The van der Waals surface area contributed by atoms with Gasteiger partial charge in [0.1, 0.15) is 17.9 Å². The number of aromatic nitrogens is 1. The van der Waals surface area contributed by atoms with Gasteiger partial charge in [0.05, 0.1) is 11.1 Å². The molecule has 0 saturated heterocycles. The van der Waals surface area contributed by atoms with Gasteiger partial charge in [-0.25, -0.2) is 4.79 Å². The van der Waals surface area contributed by atoms with Crippen LogP contribution in [0.25, 0.3) is 10.9 Å². The number of likely N-dealkylation sites (N-methyl/N-ethyl adjacent to an activating group) is 1. The topological polar surface area (TPSA) is 101 Å². The van der Waals surface area contributed by atoms with E-state index in [1.807, 2.05) is 6.92 Å². The fraction of sp³-hybridized carbons (Fsp3) is 0.346. The van der Waals surface area contributed by atoms with Crippen LogP contribution in [0.4, 0.5) is 5.69 Å². The molecule has 0 atom stereocenters.